The molecule has 0 fully saturated rings. The normalized spacial score (nSPS) is 14.0. The van der Waals surface area contributed by atoms with Gasteiger partial charge in [-0.3, -0.25) is 0 Å². The Morgan fingerprint density at radius 2 is 0.833 bits per heavy atom. The Kier molecular flexibility index (Phi) is 6.83. The van der Waals surface area contributed by atoms with Crippen LogP contribution in [0.15, 0.2) is 0 Å². The Morgan fingerprint density at radius 1 is 0.556 bits per heavy atom. The van der Waals surface area contributed by atoms with Crippen molar-refractivity contribution in [3.8, 4) is 0 Å². The first-order valence-corrected chi connectivity index (χ1v) is 7.05. The summed E-state index contributed by atoms with van der Waals surface area (Å²) in [5.41, 5.74) is 0.534. The minimum Gasteiger partial charge on any atom is -0.304 e. The molecule has 0 N–H and O–H groups in total. The van der Waals surface area contributed by atoms with Gasteiger partial charge < -0.3 is 14.7 Å². The zero-order chi connectivity index (χ0) is 14.6. The third-order valence-corrected chi connectivity index (χ3v) is 3.92. The molecule has 0 aliphatic heterocycles. The van der Waals surface area contributed by atoms with Crippen LogP contribution in [0.4, 0.5) is 0 Å². The van der Waals surface area contributed by atoms with Gasteiger partial charge in [-0.15, -0.1) is 0 Å². The second-order valence-corrected chi connectivity index (χ2v) is 7.49. The van der Waals surface area contributed by atoms with Gasteiger partial charge >= 0.3 is 0 Å². The number of rotatable bonds is 6. The van der Waals surface area contributed by atoms with Gasteiger partial charge in [-0.05, 0) is 62.7 Å². The molecule has 0 aliphatic carbocycles. The number of nitrogens with zero attached hydrogens (tertiary/aromatic N) is 3. The zero-order valence-electron chi connectivity index (χ0n) is 14.2. The lowest BCUT2D eigenvalue weighted by atomic mass is 10.1. The minimum absolute atomic E-state index is 0.267. The highest BCUT2D eigenvalue weighted by molar-refractivity contribution is 4.75. The van der Waals surface area contributed by atoms with E-state index in [4.69, 9.17) is 0 Å². The maximum atomic E-state index is 2.42. The molecule has 0 rings (SSSR count). The van der Waals surface area contributed by atoms with E-state index in [2.05, 4.69) is 77.4 Å². The summed E-state index contributed by atoms with van der Waals surface area (Å²) < 4.78 is 0. The summed E-state index contributed by atoms with van der Waals surface area (Å²) in [5.74, 6) is 0. The van der Waals surface area contributed by atoms with Crippen LogP contribution in [-0.4, -0.2) is 73.1 Å². The van der Waals surface area contributed by atoms with E-state index < -0.39 is 0 Å². The van der Waals surface area contributed by atoms with Crippen LogP contribution >= 0.6 is 0 Å². The van der Waals surface area contributed by atoms with Gasteiger partial charge in [0, 0.05) is 37.3 Å². The summed E-state index contributed by atoms with van der Waals surface area (Å²) in [4.78, 5) is 7.25. The molecule has 110 valence electrons. The second kappa shape index (κ2) is 6.88. The molecule has 0 aromatic carbocycles. The van der Waals surface area contributed by atoms with Crippen molar-refractivity contribution in [2.75, 3.05) is 47.3 Å². The van der Waals surface area contributed by atoms with E-state index in [0.717, 1.165) is 26.2 Å². The van der Waals surface area contributed by atoms with Crippen LogP contribution in [-0.2, 0) is 0 Å². The third-order valence-electron chi connectivity index (χ3n) is 3.92. The van der Waals surface area contributed by atoms with Gasteiger partial charge in [0.05, 0.1) is 0 Å². The molecule has 0 radical (unpaired) electrons. The Morgan fingerprint density at radius 3 is 1.06 bits per heavy atom. The highest BCUT2D eigenvalue weighted by Gasteiger charge is 2.18. The number of hydrogen-bond donors (Lipinski definition) is 0. The van der Waals surface area contributed by atoms with Crippen LogP contribution in [0.1, 0.15) is 41.5 Å². The molecule has 0 aromatic heterocycles. The molecule has 3 heteroatoms. The fraction of sp³-hybridized carbons (Fsp3) is 1.00. The van der Waals surface area contributed by atoms with E-state index in [9.17, 15) is 0 Å². The molecule has 0 unspecified atom stereocenters. The standard InChI is InChI=1S/C15H35N3/c1-14(2,3)17(8)12-10-16(7)11-13-18(9)15(4,5)6/h10-13H2,1-9H3. The van der Waals surface area contributed by atoms with Crippen molar-refractivity contribution in [2.45, 2.75) is 52.6 Å². The van der Waals surface area contributed by atoms with E-state index in [1.807, 2.05) is 0 Å². The smallest absolute Gasteiger partial charge is 0.0122 e. The predicted octanol–water partition coefficient (Wildman–Crippen LogP) is 2.38. The summed E-state index contributed by atoms with van der Waals surface area (Å²) in [6.07, 6.45) is 0. The molecule has 0 aromatic rings. The SMILES string of the molecule is CN(CCN(C)C(C)(C)C)CCN(C)C(C)(C)C. The summed E-state index contributed by atoms with van der Waals surface area (Å²) in [5, 5.41) is 0. The van der Waals surface area contributed by atoms with Crippen molar-refractivity contribution in [3.05, 3.63) is 0 Å². The van der Waals surface area contributed by atoms with Gasteiger partial charge in [-0.2, -0.15) is 0 Å². The van der Waals surface area contributed by atoms with Gasteiger partial charge in [0.2, 0.25) is 0 Å². The molecule has 0 saturated heterocycles. The molecule has 18 heavy (non-hydrogen) atoms. The van der Waals surface area contributed by atoms with Gasteiger partial charge in [0.25, 0.3) is 0 Å². The van der Waals surface area contributed by atoms with E-state index in [1.54, 1.807) is 0 Å². The molecule has 0 amide bonds. The van der Waals surface area contributed by atoms with E-state index in [-0.39, 0.29) is 11.1 Å². The molecule has 0 aliphatic rings. The van der Waals surface area contributed by atoms with Crippen molar-refractivity contribution in [1.29, 1.82) is 0 Å². The average molecular weight is 257 g/mol. The number of likely N-dealkylation sites (N-methyl/N-ethyl adjacent to an activating group) is 3. The van der Waals surface area contributed by atoms with Crippen LogP contribution in [0.25, 0.3) is 0 Å². The van der Waals surface area contributed by atoms with Crippen molar-refractivity contribution in [1.82, 2.24) is 14.7 Å². The van der Waals surface area contributed by atoms with Crippen molar-refractivity contribution in [3.63, 3.8) is 0 Å². The molecule has 0 bridgehead atoms. The average Bonchev–Trinajstić information content (AvgIpc) is 2.19. The third kappa shape index (κ3) is 7.34. The Hall–Kier alpha value is -0.120. The molecular weight excluding hydrogens is 222 g/mol. The van der Waals surface area contributed by atoms with Gasteiger partial charge in [0.15, 0.2) is 0 Å². The van der Waals surface area contributed by atoms with Gasteiger partial charge in [0.1, 0.15) is 0 Å². The van der Waals surface area contributed by atoms with Crippen molar-refractivity contribution in [2.24, 2.45) is 0 Å². The van der Waals surface area contributed by atoms with Crippen LogP contribution in [0, 0.1) is 0 Å². The highest BCUT2D eigenvalue weighted by Crippen LogP contribution is 2.11. The zero-order valence-corrected chi connectivity index (χ0v) is 14.2. The molecule has 0 saturated carbocycles. The lowest BCUT2D eigenvalue weighted by Crippen LogP contribution is -2.45. The Balaban J connectivity index is 3.89. The lowest BCUT2D eigenvalue weighted by molar-refractivity contribution is 0.132. The first-order valence-electron chi connectivity index (χ1n) is 7.05. The summed E-state index contributed by atoms with van der Waals surface area (Å²) >= 11 is 0. The van der Waals surface area contributed by atoms with Crippen LogP contribution < -0.4 is 0 Å². The van der Waals surface area contributed by atoms with Crippen LogP contribution in [0.5, 0.6) is 0 Å². The number of hydrogen-bond acceptors (Lipinski definition) is 3. The summed E-state index contributed by atoms with van der Waals surface area (Å²) in [6.45, 7) is 18.1. The Bertz CT molecular complexity index is 201. The molecule has 0 spiro atoms. The first kappa shape index (κ1) is 17.9. The molecule has 0 atom stereocenters. The van der Waals surface area contributed by atoms with Crippen LogP contribution in [0.2, 0.25) is 0 Å². The van der Waals surface area contributed by atoms with Crippen molar-refractivity contribution >= 4 is 0 Å². The lowest BCUT2D eigenvalue weighted by Gasteiger charge is -2.35. The van der Waals surface area contributed by atoms with Crippen molar-refractivity contribution < 1.29 is 0 Å². The largest absolute Gasteiger partial charge is 0.304 e. The molecular formula is C15H35N3. The molecule has 0 heterocycles. The summed E-state index contributed by atoms with van der Waals surface area (Å²) in [7, 11) is 6.62. The monoisotopic (exact) mass is 257 g/mol. The van der Waals surface area contributed by atoms with Gasteiger partial charge in [-0.25, -0.2) is 0 Å². The van der Waals surface area contributed by atoms with Gasteiger partial charge in [-0.1, -0.05) is 0 Å². The van der Waals surface area contributed by atoms with E-state index in [1.165, 1.54) is 0 Å². The summed E-state index contributed by atoms with van der Waals surface area (Å²) in [6, 6.07) is 0. The van der Waals surface area contributed by atoms with E-state index >= 15 is 0 Å². The molecule has 3 nitrogen and oxygen atoms in total. The van der Waals surface area contributed by atoms with E-state index in [0.29, 0.717) is 0 Å². The fourth-order valence-electron chi connectivity index (χ4n) is 1.42. The quantitative estimate of drug-likeness (QED) is 0.723. The fourth-order valence-corrected chi connectivity index (χ4v) is 1.42. The second-order valence-electron chi connectivity index (χ2n) is 7.49. The first-order chi connectivity index (χ1) is 7.94. The topological polar surface area (TPSA) is 9.72 Å². The maximum absolute atomic E-state index is 2.42. The minimum atomic E-state index is 0.267. The predicted molar refractivity (Wildman–Crippen MR) is 82.3 cm³/mol. The van der Waals surface area contributed by atoms with Crippen LogP contribution in [0.3, 0.4) is 0 Å². The Labute approximate surface area is 115 Å². The highest BCUT2D eigenvalue weighted by atomic mass is 15.2. The maximum Gasteiger partial charge on any atom is 0.0122 e.